The molecule has 2 rings (SSSR count). The molecule has 0 saturated heterocycles. The summed E-state index contributed by atoms with van der Waals surface area (Å²) in [5, 5.41) is 13.9. The highest BCUT2D eigenvalue weighted by molar-refractivity contribution is 5.75. The zero-order chi connectivity index (χ0) is 34.8. The maximum atomic E-state index is 12.6. The van der Waals surface area contributed by atoms with E-state index in [9.17, 15) is 19.5 Å². The molecule has 11 nitrogen and oxygen atoms in total. The number of aryl methyl sites for hydroxylation is 1. The van der Waals surface area contributed by atoms with Gasteiger partial charge in [0.2, 0.25) is 5.91 Å². The number of carbonyl (C=O) groups is 3. The van der Waals surface area contributed by atoms with Gasteiger partial charge in [-0.05, 0) is 82.3 Å². The van der Waals surface area contributed by atoms with Crippen LogP contribution in [0.3, 0.4) is 0 Å². The molecular formula is C37H57NO10. The molecule has 2 N–H and O–H groups in total. The number of carbonyl (C=O) groups excluding carboxylic acids is 3. The number of rotatable bonds is 24. The van der Waals surface area contributed by atoms with Crippen LogP contribution in [0.5, 0.6) is 0 Å². The molecule has 0 spiro atoms. The summed E-state index contributed by atoms with van der Waals surface area (Å²) in [5.41, 5.74) is 1.10. The van der Waals surface area contributed by atoms with Crippen molar-refractivity contribution in [3.05, 3.63) is 60.2 Å². The standard InChI is InChI=1S/C37H57NO10/c1-4-38-35(40)19-11-6-5-10-18-31-32(34(28-33(31)39)48-37(42)46-27-15-13-25-44-3)23-22-30(21-20-29-16-8-7-9-17-29)47-36(41)45-26-14-12-24-43-2/h5,7-10,16-17,22-23,30-34,39H,4,6,11-15,18-21,24-28H2,1-3H3,(H,38,40)/b10-5-,23-22+/t30-,31+,32+,33?,34?/m0/s1. The summed E-state index contributed by atoms with van der Waals surface area (Å²) < 4.78 is 32.2. The second-order valence-corrected chi connectivity index (χ2v) is 11.9. The average molecular weight is 676 g/mol. The zero-order valence-electron chi connectivity index (χ0n) is 29.0. The third kappa shape index (κ3) is 17.7. The average Bonchev–Trinajstić information content (AvgIpc) is 3.36. The minimum atomic E-state index is -0.779. The number of amides is 1. The molecule has 2 unspecified atom stereocenters. The normalized spacial score (nSPS) is 19.8. The van der Waals surface area contributed by atoms with E-state index in [1.54, 1.807) is 14.2 Å². The predicted octanol–water partition coefficient (Wildman–Crippen LogP) is 6.32. The van der Waals surface area contributed by atoms with E-state index in [0.29, 0.717) is 58.3 Å². The summed E-state index contributed by atoms with van der Waals surface area (Å²) in [7, 11) is 3.25. The van der Waals surface area contributed by atoms with Crippen LogP contribution in [0.25, 0.3) is 0 Å². The number of aliphatic hydroxyl groups is 1. The van der Waals surface area contributed by atoms with Crippen molar-refractivity contribution in [2.75, 3.05) is 47.2 Å². The van der Waals surface area contributed by atoms with Gasteiger partial charge in [-0.1, -0.05) is 48.6 Å². The lowest BCUT2D eigenvalue weighted by atomic mass is 9.89. The van der Waals surface area contributed by atoms with Gasteiger partial charge in [-0.25, -0.2) is 9.59 Å². The SMILES string of the molecule is CCNC(=O)CCC/C=C\C[C@H]1C(O)CC(OC(=O)OCCCCOC)[C@@H]1/C=C/[C@H](CCc1ccccc1)OC(=O)OCCCCOC. The number of ether oxygens (including phenoxy) is 6. The van der Waals surface area contributed by atoms with Crippen LogP contribution in [0.2, 0.25) is 0 Å². The predicted molar refractivity (Wildman–Crippen MR) is 182 cm³/mol. The molecule has 1 fully saturated rings. The summed E-state index contributed by atoms with van der Waals surface area (Å²) >= 11 is 0. The van der Waals surface area contributed by atoms with Gasteiger partial charge in [-0.2, -0.15) is 0 Å². The Morgan fingerprint density at radius 1 is 0.917 bits per heavy atom. The van der Waals surface area contributed by atoms with E-state index in [4.69, 9.17) is 28.4 Å². The molecule has 5 atom stereocenters. The lowest BCUT2D eigenvalue weighted by molar-refractivity contribution is -0.121. The highest BCUT2D eigenvalue weighted by Crippen LogP contribution is 2.38. The van der Waals surface area contributed by atoms with Gasteiger partial charge in [0.15, 0.2) is 0 Å². The highest BCUT2D eigenvalue weighted by atomic mass is 16.7. The van der Waals surface area contributed by atoms with Crippen LogP contribution in [0.15, 0.2) is 54.6 Å². The monoisotopic (exact) mass is 675 g/mol. The van der Waals surface area contributed by atoms with E-state index in [-0.39, 0.29) is 37.4 Å². The Hall–Kier alpha value is -3.41. The third-order valence-electron chi connectivity index (χ3n) is 8.14. The molecule has 0 aromatic heterocycles. The van der Waals surface area contributed by atoms with Crippen LogP contribution in [-0.4, -0.2) is 88.8 Å². The number of methoxy groups -OCH3 is 2. The molecule has 1 aromatic rings. The summed E-state index contributed by atoms with van der Waals surface area (Å²) in [6.45, 7) is 4.12. The van der Waals surface area contributed by atoms with Crippen LogP contribution < -0.4 is 5.32 Å². The summed E-state index contributed by atoms with van der Waals surface area (Å²) in [6, 6.07) is 9.92. The molecule has 11 heteroatoms. The lowest BCUT2D eigenvalue weighted by Gasteiger charge is -2.23. The van der Waals surface area contributed by atoms with E-state index in [1.807, 2.05) is 61.6 Å². The lowest BCUT2D eigenvalue weighted by Crippen LogP contribution is -2.26. The fourth-order valence-electron chi connectivity index (χ4n) is 5.57. The maximum absolute atomic E-state index is 12.6. The second kappa shape index (κ2) is 25.6. The molecule has 1 aliphatic rings. The Morgan fingerprint density at radius 2 is 1.58 bits per heavy atom. The van der Waals surface area contributed by atoms with E-state index >= 15 is 0 Å². The van der Waals surface area contributed by atoms with Gasteiger partial charge in [0.05, 0.1) is 19.3 Å². The van der Waals surface area contributed by atoms with Crippen molar-refractivity contribution in [1.29, 1.82) is 0 Å². The number of hydrogen-bond donors (Lipinski definition) is 2. The van der Waals surface area contributed by atoms with Gasteiger partial charge >= 0.3 is 12.3 Å². The van der Waals surface area contributed by atoms with Crippen LogP contribution in [0.1, 0.15) is 76.7 Å². The summed E-state index contributed by atoms with van der Waals surface area (Å²) in [5.74, 6) is -0.566. The molecule has 0 heterocycles. The Kier molecular flexibility index (Phi) is 21.7. The maximum Gasteiger partial charge on any atom is 0.508 e. The minimum Gasteiger partial charge on any atom is -0.434 e. The molecule has 270 valence electrons. The molecular weight excluding hydrogens is 618 g/mol. The minimum absolute atomic E-state index is 0.0342. The molecule has 48 heavy (non-hydrogen) atoms. The van der Waals surface area contributed by atoms with Crippen molar-refractivity contribution in [3.63, 3.8) is 0 Å². The van der Waals surface area contributed by atoms with Crippen molar-refractivity contribution in [3.8, 4) is 0 Å². The Bertz CT molecular complexity index is 1080. The van der Waals surface area contributed by atoms with Crippen molar-refractivity contribution in [2.45, 2.75) is 95.9 Å². The largest absolute Gasteiger partial charge is 0.508 e. The molecule has 1 aliphatic carbocycles. The molecule has 0 bridgehead atoms. The molecule has 1 amide bonds. The quantitative estimate of drug-likeness (QED) is 0.0727. The molecule has 0 aliphatic heterocycles. The molecule has 0 radical (unpaired) electrons. The third-order valence-corrected chi connectivity index (χ3v) is 8.14. The molecule has 1 saturated carbocycles. The van der Waals surface area contributed by atoms with E-state index in [0.717, 1.165) is 31.2 Å². The number of hydrogen-bond acceptors (Lipinski definition) is 10. The number of benzene rings is 1. The Morgan fingerprint density at radius 3 is 2.25 bits per heavy atom. The van der Waals surface area contributed by atoms with Gasteiger partial charge in [0.1, 0.15) is 12.2 Å². The van der Waals surface area contributed by atoms with Crippen LogP contribution in [0, 0.1) is 11.8 Å². The van der Waals surface area contributed by atoms with E-state index < -0.39 is 30.6 Å². The first kappa shape index (κ1) is 40.8. The van der Waals surface area contributed by atoms with Crippen molar-refractivity contribution >= 4 is 18.2 Å². The van der Waals surface area contributed by atoms with Gasteiger partial charge in [-0.15, -0.1) is 0 Å². The van der Waals surface area contributed by atoms with Gasteiger partial charge in [0.25, 0.3) is 0 Å². The van der Waals surface area contributed by atoms with Crippen molar-refractivity contribution in [1.82, 2.24) is 5.32 Å². The van der Waals surface area contributed by atoms with Crippen LogP contribution >= 0.6 is 0 Å². The summed E-state index contributed by atoms with van der Waals surface area (Å²) in [6.07, 6.45) is 11.0. The Labute approximate surface area is 286 Å². The molecule has 1 aromatic carbocycles. The van der Waals surface area contributed by atoms with Crippen molar-refractivity contribution in [2.24, 2.45) is 11.8 Å². The van der Waals surface area contributed by atoms with Gasteiger partial charge in [0, 0.05) is 52.7 Å². The number of nitrogens with one attached hydrogen (secondary N) is 1. The van der Waals surface area contributed by atoms with E-state index in [2.05, 4.69) is 5.32 Å². The Balaban J connectivity index is 2.14. The van der Waals surface area contributed by atoms with Crippen LogP contribution in [0.4, 0.5) is 9.59 Å². The fourth-order valence-corrected chi connectivity index (χ4v) is 5.57. The summed E-state index contributed by atoms with van der Waals surface area (Å²) in [4.78, 5) is 37.0. The zero-order valence-corrected chi connectivity index (χ0v) is 29.0. The number of aliphatic hydroxyl groups excluding tert-OH is 1. The number of unbranched alkanes of at least 4 members (excludes halogenated alkanes) is 3. The van der Waals surface area contributed by atoms with Crippen LogP contribution in [-0.2, 0) is 39.6 Å². The van der Waals surface area contributed by atoms with E-state index in [1.165, 1.54) is 0 Å². The van der Waals surface area contributed by atoms with Gasteiger partial charge < -0.3 is 38.8 Å². The second-order valence-electron chi connectivity index (χ2n) is 11.9. The highest BCUT2D eigenvalue weighted by Gasteiger charge is 2.43. The first-order valence-electron chi connectivity index (χ1n) is 17.3. The smallest absolute Gasteiger partial charge is 0.434 e. The first-order chi connectivity index (χ1) is 23.4. The fraction of sp³-hybridized carbons (Fsp3) is 0.649. The van der Waals surface area contributed by atoms with Crippen molar-refractivity contribution < 1.29 is 47.9 Å². The topological polar surface area (TPSA) is 139 Å². The first-order valence-corrected chi connectivity index (χ1v) is 17.3. The number of allylic oxidation sites excluding steroid dienone is 2. The van der Waals surface area contributed by atoms with Gasteiger partial charge in [-0.3, -0.25) is 4.79 Å².